The molecule has 8 rings (SSSR count). The van der Waals surface area contributed by atoms with Gasteiger partial charge in [-0.3, -0.25) is 0 Å². The van der Waals surface area contributed by atoms with Gasteiger partial charge in [-0.25, -0.2) is 39.5 Å². The van der Waals surface area contributed by atoms with Crippen LogP contribution in [0.5, 0.6) is 5.75 Å². The molecule has 0 radical (unpaired) electrons. The van der Waals surface area contributed by atoms with Crippen LogP contribution in [-0.4, -0.2) is 67.7 Å². The molecule has 7 aromatic rings. The van der Waals surface area contributed by atoms with Gasteiger partial charge in [-0.05, 0) is 359 Å². The molecule has 7 aromatic carbocycles. The maximum absolute atomic E-state index is 14.3. The van der Waals surface area contributed by atoms with Crippen LogP contribution in [0, 0.1) is 52.8 Å². The van der Waals surface area contributed by atoms with Crippen molar-refractivity contribution in [3.8, 4) is 5.75 Å². The maximum Gasteiger partial charge on any atom is 0.395 e. The van der Waals surface area contributed by atoms with Gasteiger partial charge < -0.3 is 37.5 Å². The third-order valence-corrected chi connectivity index (χ3v) is 25.9. The second-order valence-electron chi connectivity index (χ2n) is 40.1. The van der Waals surface area contributed by atoms with Crippen LogP contribution in [0.2, 0.25) is 20.1 Å². The molecule has 0 heterocycles. The third kappa shape index (κ3) is 50.9. The molecule has 7 atom stereocenters. The van der Waals surface area contributed by atoms with Crippen molar-refractivity contribution in [2.24, 2.45) is 46.6 Å². The van der Waals surface area contributed by atoms with Crippen LogP contribution in [0.4, 0.5) is 48.3 Å². The van der Waals surface area contributed by atoms with E-state index in [0.29, 0.717) is 54.9 Å². The van der Waals surface area contributed by atoms with Gasteiger partial charge in [0.2, 0.25) is 0 Å². The zero-order valence-corrected chi connectivity index (χ0v) is 89.3. The Morgan fingerprint density at radius 1 is 0.393 bits per heavy atom. The van der Waals surface area contributed by atoms with Gasteiger partial charge in [-0.15, -0.1) is 0 Å². The summed E-state index contributed by atoms with van der Waals surface area (Å²) in [6, 6.07) is 28.9. The molecule has 0 amide bonds. The molecule has 9 N–H and O–H groups in total. The summed E-state index contributed by atoms with van der Waals surface area (Å²) in [6.45, 7) is 43.5. The third-order valence-electron chi connectivity index (χ3n) is 23.9. The van der Waals surface area contributed by atoms with Gasteiger partial charge in [0.15, 0.2) is 11.6 Å². The zero-order valence-electron chi connectivity index (χ0n) is 85.4. The fourth-order valence-corrected chi connectivity index (χ4v) is 17.3. The quantitative estimate of drug-likeness (QED) is 0.0238. The lowest BCUT2D eigenvalue weighted by Gasteiger charge is -2.18. The van der Waals surface area contributed by atoms with Crippen molar-refractivity contribution in [3.63, 3.8) is 0 Å². The average molecular weight is 2000 g/mol. The normalized spacial score (nSPS) is 13.8. The largest absolute Gasteiger partial charge is 0.430 e. The van der Waals surface area contributed by atoms with Crippen LogP contribution >= 0.6 is 58.2 Å². The highest BCUT2D eigenvalue weighted by Crippen LogP contribution is 2.41. The molecule has 1 saturated carbocycles. The Kier molecular flexibility index (Phi) is 61.0. The van der Waals surface area contributed by atoms with E-state index >= 15 is 0 Å². The number of aliphatic hydroxyl groups is 1. The Balaban J connectivity index is 0.000000788. The molecule has 0 saturated heterocycles. The number of nitrogens with two attached hydrogens (primary N) is 4. The predicted octanol–water partition coefficient (Wildman–Crippen LogP) is 34.8. The van der Waals surface area contributed by atoms with Crippen molar-refractivity contribution >= 4 is 58.2 Å². The summed E-state index contributed by atoms with van der Waals surface area (Å²) in [4.78, 5) is 0. The number of rotatable bonds is 45. The summed E-state index contributed by atoms with van der Waals surface area (Å²) in [5.74, 6) is -2.51. The van der Waals surface area contributed by atoms with Crippen LogP contribution < -0.4 is 27.7 Å². The topological polar surface area (TPSA) is 143 Å². The van der Waals surface area contributed by atoms with Crippen molar-refractivity contribution in [1.82, 2.24) is 0 Å². The number of benzene rings is 7. The molecule has 1 aliphatic carbocycles. The van der Waals surface area contributed by atoms with E-state index < -0.39 is 29.5 Å². The molecule has 768 valence electrons. The molecular formula is C112H171Cl4F11N4O3S. The molecule has 0 aliphatic heterocycles. The molecule has 0 unspecified atom stereocenters. The smallest absolute Gasteiger partial charge is 0.395 e. The van der Waals surface area contributed by atoms with Crippen molar-refractivity contribution in [3.05, 3.63) is 235 Å². The molecular weight excluding hydrogens is 1830 g/mol. The van der Waals surface area contributed by atoms with Crippen molar-refractivity contribution in [2.75, 3.05) is 32.3 Å². The van der Waals surface area contributed by atoms with E-state index in [1.54, 1.807) is 55.6 Å². The second-order valence-corrected chi connectivity index (χ2v) is 42.7. The summed E-state index contributed by atoms with van der Waals surface area (Å²) in [6.07, 6.45) is 21.3. The molecule has 0 aromatic heterocycles. The van der Waals surface area contributed by atoms with Crippen LogP contribution in [0.1, 0.15) is 400 Å². The van der Waals surface area contributed by atoms with Crippen LogP contribution in [-0.2, 0) is 61.5 Å². The molecule has 7 nitrogen and oxygen atoms in total. The minimum atomic E-state index is -3.42. The Labute approximate surface area is 833 Å². The standard InChI is InChI=1S/C17H24ClF.C17H26F3NO2.C16H24ClFS.2C16H25F2N.C15H22ClFO.C14H21ClFN.CH4/c1-11(2)15-9-13(10-16(18)17(15)19)6-4-5-12(3)14-7-8-14;1-11(2)14-8-12(6-5-7-13(21)10-22-4)9-15(16(14)18)23-17(3,19)20;1-11(2)14-8-13(9-15(17)16(14)18)7-5-6-12(3)10-19-4;1-11(2)14-8-13(7-5-6-12(3)19)9-15(10-14)16(4,17)18;1-11(2)13-8-9-15(16(4,17)18)14(10-13)7-5-6-12(3)19;1-10(2)13-7-12(8-14(16)15(13)17)6-4-5-11(3)9-18;1-9(2)12-7-11(6-4-5-10(3)17)8-13(15)14(12)16;/h9-12,14H,4-8H2,1-3H3;8-9,11,13H,5-7,10,21H2,1-4H3;8-9,11-12H,5-7,10H2,1-4H3;2*8-12H,5-7,19H2,1-4H3;7-8,10-11,18H,4-6,9H2,1-3H3;7-10H,4-6,17H2,1-3H3;1H4/t12-;13-;3*12-;11-;10-;/m1110010./s1. The SMILES string of the molecule is C.CC(C)c1cc(CCC[C@@H](C)C2CC2)cc(Cl)c1F.CC(C)c1cc(CCC[C@@H](C)CO)cc(Cl)c1F.CC(C)c1cc(CCC[C@H](C)N)cc(C(C)(F)F)c1.CC(C)c1cc(CCC[C@H](C)N)cc(Cl)c1F.CC(C)c1ccc(C(C)(F)F)c(CCC[C@H](C)N)c1.COC[C@H](N)CCCc1cc(OC(C)(F)F)c(F)c(C(C)C)c1.CSC[C@H](C)CCCc1cc(Cl)c(F)c(C(C)C)c1. The Morgan fingerprint density at radius 3 is 1.04 bits per heavy atom. The number of thioether (sulfide) groups is 1. The Bertz CT molecular complexity index is 4500. The fraction of sp³-hybridized carbons (Fsp3) is 0.625. The highest BCUT2D eigenvalue weighted by atomic mass is 35.5. The van der Waals surface area contributed by atoms with E-state index in [2.05, 4.69) is 38.7 Å². The van der Waals surface area contributed by atoms with Gasteiger partial charge in [0, 0.05) is 69.8 Å². The van der Waals surface area contributed by atoms with E-state index in [1.165, 1.54) is 49.5 Å². The predicted molar refractivity (Wildman–Crippen MR) is 558 cm³/mol. The molecule has 23 heteroatoms. The van der Waals surface area contributed by atoms with Crippen LogP contribution in [0.25, 0.3) is 0 Å². The Hall–Kier alpha value is -5.16. The summed E-state index contributed by atoms with van der Waals surface area (Å²) in [5, 5.41) is 9.94. The minimum absolute atomic E-state index is 0. The average Bonchev–Trinajstić information content (AvgIpc) is 1.47. The van der Waals surface area contributed by atoms with Crippen molar-refractivity contribution in [2.45, 2.75) is 398 Å². The monoisotopic (exact) mass is 2000 g/mol. The fourth-order valence-electron chi connectivity index (χ4n) is 15.5. The lowest BCUT2D eigenvalue weighted by Crippen LogP contribution is -2.25. The summed E-state index contributed by atoms with van der Waals surface area (Å²) in [7, 11) is 1.59. The van der Waals surface area contributed by atoms with Crippen molar-refractivity contribution in [1.29, 1.82) is 0 Å². The van der Waals surface area contributed by atoms with E-state index in [9.17, 15) is 48.3 Å². The van der Waals surface area contributed by atoms with Gasteiger partial charge in [0.05, 0.1) is 26.7 Å². The highest BCUT2D eigenvalue weighted by molar-refractivity contribution is 7.98. The Morgan fingerprint density at radius 2 is 0.726 bits per heavy atom. The van der Waals surface area contributed by atoms with E-state index in [-0.39, 0.29) is 128 Å². The van der Waals surface area contributed by atoms with Crippen LogP contribution in [0.3, 0.4) is 0 Å². The first kappa shape index (κ1) is 128. The number of hydrogen-bond donors (Lipinski definition) is 5. The highest BCUT2D eigenvalue weighted by Gasteiger charge is 2.31. The maximum atomic E-state index is 14.3. The lowest BCUT2D eigenvalue weighted by molar-refractivity contribution is -0.160. The van der Waals surface area contributed by atoms with Gasteiger partial charge in [0.25, 0.3) is 11.8 Å². The first-order valence-electron chi connectivity index (χ1n) is 48.8. The van der Waals surface area contributed by atoms with E-state index in [0.717, 1.165) is 190 Å². The minimum Gasteiger partial charge on any atom is -0.430 e. The number of aryl methyl sites for hydroxylation is 7. The van der Waals surface area contributed by atoms with E-state index in [1.807, 2.05) is 165 Å². The van der Waals surface area contributed by atoms with Gasteiger partial charge >= 0.3 is 6.11 Å². The van der Waals surface area contributed by atoms with E-state index in [4.69, 9.17) is 79.2 Å². The van der Waals surface area contributed by atoms with Gasteiger partial charge in [-0.2, -0.15) is 20.5 Å². The summed E-state index contributed by atoms with van der Waals surface area (Å²) < 4.78 is 159. The molecule has 0 spiro atoms. The molecule has 135 heavy (non-hydrogen) atoms. The van der Waals surface area contributed by atoms with Crippen molar-refractivity contribution < 1.29 is 62.9 Å². The van der Waals surface area contributed by atoms with Gasteiger partial charge in [0.1, 0.15) is 23.3 Å². The molecule has 1 aliphatic rings. The number of ether oxygens (including phenoxy) is 2. The summed E-state index contributed by atoms with van der Waals surface area (Å²) >= 11 is 25.7. The lowest BCUT2D eigenvalue weighted by atomic mass is 9.92. The first-order chi connectivity index (χ1) is 62.4. The number of alkyl halides is 6. The number of halogens is 15. The zero-order chi connectivity index (χ0) is 102. The van der Waals surface area contributed by atoms with Crippen LogP contribution in [0.15, 0.2) is 97.1 Å². The van der Waals surface area contributed by atoms with Gasteiger partial charge in [-0.1, -0.05) is 233 Å². The molecule has 0 bridgehead atoms. The second kappa shape index (κ2) is 64.4. The number of hydrogen-bond acceptors (Lipinski definition) is 8. The number of methoxy groups -OCH3 is 1. The molecule has 1 fully saturated rings. The first-order valence-corrected chi connectivity index (χ1v) is 51.7. The number of aliphatic hydroxyl groups excluding tert-OH is 1. The summed E-state index contributed by atoms with van der Waals surface area (Å²) in [5.41, 5.74) is 35.6.